The number of nitrogens with one attached hydrogen (secondary N) is 1. The number of hydrogen-bond acceptors (Lipinski definition) is 4. The quantitative estimate of drug-likeness (QED) is 0.565. The fourth-order valence-corrected chi connectivity index (χ4v) is 2.78. The van der Waals surface area contributed by atoms with E-state index in [4.69, 9.17) is 16.3 Å². The van der Waals surface area contributed by atoms with E-state index in [1.54, 1.807) is 48.5 Å². The van der Waals surface area contributed by atoms with E-state index < -0.39 is 12.0 Å². The largest absolute Gasteiger partial charge is 0.469 e. The van der Waals surface area contributed by atoms with E-state index in [1.165, 1.54) is 7.11 Å². The normalized spacial score (nSPS) is 11.5. The Kier molecular flexibility index (Phi) is 7.36. The van der Waals surface area contributed by atoms with Crippen molar-refractivity contribution in [3.63, 3.8) is 0 Å². The minimum atomic E-state index is -0.615. The third kappa shape index (κ3) is 5.70. The van der Waals surface area contributed by atoms with E-state index in [2.05, 4.69) is 5.32 Å². The third-order valence-corrected chi connectivity index (χ3v) is 4.23. The summed E-state index contributed by atoms with van der Waals surface area (Å²) in [6, 6.07) is 15.2. The molecular weight excluding hydrogens is 354 g/mol. The van der Waals surface area contributed by atoms with Crippen LogP contribution in [0, 0.1) is 0 Å². The van der Waals surface area contributed by atoms with Crippen LogP contribution in [-0.4, -0.2) is 24.8 Å². The van der Waals surface area contributed by atoms with Crippen LogP contribution in [0.25, 0.3) is 0 Å². The van der Waals surface area contributed by atoms with Gasteiger partial charge in [0.15, 0.2) is 5.78 Å². The molecular formula is C20H20ClNO4. The van der Waals surface area contributed by atoms with Gasteiger partial charge < -0.3 is 10.1 Å². The molecule has 5 nitrogen and oxygen atoms in total. The zero-order chi connectivity index (χ0) is 18.9. The number of ether oxygens (including phenoxy) is 1. The van der Waals surface area contributed by atoms with Crippen molar-refractivity contribution < 1.29 is 19.1 Å². The van der Waals surface area contributed by atoms with E-state index in [0.29, 0.717) is 16.1 Å². The summed E-state index contributed by atoms with van der Waals surface area (Å²) in [6.07, 6.45) is 0.0672. The Bertz CT molecular complexity index is 776. The first kappa shape index (κ1) is 19.7. The maximum absolute atomic E-state index is 12.3. The lowest BCUT2D eigenvalue weighted by molar-refractivity contribution is -0.141. The molecule has 0 saturated heterocycles. The summed E-state index contributed by atoms with van der Waals surface area (Å²) in [4.78, 5) is 36.1. The highest BCUT2D eigenvalue weighted by Gasteiger charge is 2.21. The summed E-state index contributed by atoms with van der Waals surface area (Å²) < 4.78 is 4.69. The van der Waals surface area contributed by atoms with Gasteiger partial charge in [0.25, 0.3) is 0 Å². The predicted octanol–water partition coefficient (Wildman–Crippen LogP) is 3.72. The van der Waals surface area contributed by atoms with Gasteiger partial charge in [0, 0.05) is 23.4 Å². The first-order valence-corrected chi connectivity index (χ1v) is 8.58. The maximum atomic E-state index is 12.3. The summed E-state index contributed by atoms with van der Waals surface area (Å²) in [6.45, 7) is 0. The number of carbonyl (C=O) groups is 3. The number of ketones is 1. The number of carbonyl (C=O) groups excluding carboxylic acids is 3. The molecule has 0 spiro atoms. The molecule has 0 fully saturated rings. The summed E-state index contributed by atoms with van der Waals surface area (Å²) in [5.74, 6) is -0.901. The van der Waals surface area contributed by atoms with Gasteiger partial charge in [-0.05, 0) is 11.6 Å². The van der Waals surface area contributed by atoms with Crippen molar-refractivity contribution in [1.29, 1.82) is 0 Å². The Balaban J connectivity index is 2.01. The smallest absolute Gasteiger partial charge is 0.307 e. The van der Waals surface area contributed by atoms with Gasteiger partial charge in [-0.2, -0.15) is 0 Å². The molecule has 2 aromatic carbocycles. The minimum absolute atomic E-state index is 0.0237. The fraction of sp³-hybridized carbons (Fsp3) is 0.250. The molecule has 0 heterocycles. The van der Waals surface area contributed by atoms with Gasteiger partial charge in [0.05, 0.1) is 19.6 Å². The summed E-state index contributed by atoms with van der Waals surface area (Å²) in [5, 5.41) is 3.22. The van der Waals surface area contributed by atoms with Gasteiger partial charge in [-0.15, -0.1) is 0 Å². The molecule has 26 heavy (non-hydrogen) atoms. The molecule has 0 unspecified atom stereocenters. The van der Waals surface area contributed by atoms with E-state index in [0.717, 1.165) is 0 Å². The van der Waals surface area contributed by atoms with E-state index in [-0.39, 0.29) is 31.0 Å². The lowest BCUT2D eigenvalue weighted by Crippen LogP contribution is -2.31. The molecule has 0 aromatic heterocycles. The number of amides is 1. The van der Waals surface area contributed by atoms with E-state index >= 15 is 0 Å². The second kappa shape index (κ2) is 9.73. The van der Waals surface area contributed by atoms with Gasteiger partial charge in [0.1, 0.15) is 0 Å². The van der Waals surface area contributed by atoms with Gasteiger partial charge in [-0.3, -0.25) is 14.4 Å². The summed E-state index contributed by atoms with van der Waals surface area (Å²) in [5.41, 5.74) is 1.19. The zero-order valence-electron chi connectivity index (χ0n) is 14.4. The number of hydrogen-bond donors (Lipinski definition) is 1. The molecule has 2 rings (SSSR count). The Morgan fingerprint density at radius 1 is 1.00 bits per heavy atom. The maximum Gasteiger partial charge on any atom is 0.307 e. The molecule has 1 amide bonds. The van der Waals surface area contributed by atoms with Crippen molar-refractivity contribution in [2.75, 3.05) is 7.11 Å². The lowest BCUT2D eigenvalue weighted by atomic mass is 10.0. The first-order chi connectivity index (χ1) is 12.5. The number of Topliss-reactive ketones (excluding diaryl/α,β-unsaturated/α-hetero) is 1. The van der Waals surface area contributed by atoms with Crippen LogP contribution in [0.5, 0.6) is 0 Å². The number of rotatable bonds is 8. The van der Waals surface area contributed by atoms with Crippen LogP contribution in [0.15, 0.2) is 54.6 Å². The molecule has 0 aliphatic rings. The number of methoxy groups -OCH3 is 1. The van der Waals surface area contributed by atoms with E-state index in [9.17, 15) is 14.4 Å². The second-order valence-electron chi connectivity index (χ2n) is 5.71. The fourth-order valence-electron chi connectivity index (χ4n) is 2.51. The van der Waals surface area contributed by atoms with Gasteiger partial charge in [0.2, 0.25) is 5.91 Å². The highest BCUT2D eigenvalue weighted by molar-refractivity contribution is 6.31. The Morgan fingerprint density at radius 2 is 1.65 bits per heavy atom. The Morgan fingerprint density at radius 3 is 2.31 bits per heavy atom. The van der Waals surface area contributed by atoms with Crippen LogP contribution in [0.1, 0.15) is 41.2 Å². The second-order valence-corrected chi connectivity index (χ2v) is 6.12. The third-order valence-electron chi connectivity index (χ3n) is 3.89. The highest BCUT2D eigenvalue weighted by Crippen LogP contribution is 2.25. The predicted molar refractivity (Wildman–Crippen MR) is 99.0 cm³/mol. The lowest BCUT2D eigenvalue weighted by Gasteiger charge is -2.19. The van der Waals surface area contributed by atoms with Crippen molar-refractivity contribution in [3.8, 4) is 0 Å². The molecule has 6 heteroatoms. The van der Waals surface area contributed by atoms with Crippen LogP contribution in [0.4, 0.5) is 0 Å². The van der Waals surface area contributed by atoms with E-state index in [1.807, 2.05) is 6.07 Å². The van der Waals surface area contributed by atoms with Crippen LogP contribution >= 0.6 is 11.6 Å². The molecule has 0 aliphatic heterocycles. The number of halogens is 1. The molecule has 1 N–H and O–H groups in total. The van der Waals surface area contributed by atoms with Crippen LogP contribution in [0.2, 0.25) is 5.02 Å². The molecule has 0 radical (unpaired) electrons. The monoisotopic (exact) mass is 373 g/mol. The minimum Gasteiger partial charge on any atom is -0.469 e. The molecule has 2 aromatic rings. The molecule has 0 bridgehead atoms. The molecule has 0 aliphatic carbocycles. The van der Waals surface area contributed by atoms with Crippen LogP contribution < -0.4 is 5.32 Å². The molecule has 0 saturated carbocycles. The SMILES string of the molecule is COC(=O)C[C@H](NC(=O)CCC(=O)c1ccccc1)c1ccccc1Cl. The average Bonchev–Trinajstić information content (AvgIpc) is 2.66. The van der Waals surface area contributed by atoms with Crippen molar-refractivity contribution in [2.24, 2.45) is 0 Å². The Labute approximate surface area is 157 Å². The summed E-state index contributed by atoms with van der Waals surface area (Å²) in [7, 11) is 1.28. The topological polar surface area (TPSA) is 72.5 Å². The van der Waals surface area contributed by atoms with Crippen molar-refractivity contribution >= 4 is 29.3 Å². The average molecular weight is 374 g/mol. The zero-order valence-corrected chi connectivity index (χ0v) is 15.2. The van der Waals surface area contributed by atoms with Crippen LogP contribution in [0.3, 0.4) is 0 Å². The standard InChI is InChI=1S/C20H20ClNO4/c1-26-20(25)13-17(15-9-5-6-10-16(15)21)22-19(24)12-11-18(23)14-7-3-2-4-8-14/h2-10,17H,11-13H2,1H3,(H,22,24)/t17-/m0/s1. The number of benzene rings is 2. The Hall–Kier alpha value is -2.66. The van der Waals surface area contributed by atoms with Crippen molar-refractivity contribution in [2.45, 2.75) is 25.3 Å². The summed E-state index contributed by atoms with van der Waals surface area (Å²) >= 11 is 6.18. The highest BCUT2D eigenvalue weighted by atomic mass is 35.5. The van der Waals surface area contributed by atoms with Gasteiger partial charge in [-0.25, -0.2) is 0 Å². The van der Waals surface area contributed by atoms with Crippen molar-refractivity contribution in [1.82, 2.24) is 5.32 Å². The van der Waals surface area contributed by atoms with Gasteiger partial charge >= 0.3 is 5.97 Å². The molecule has 1 atom stereocenters. The van der Waals surface area contributed by atoms with Crippen LogP contribution in [-0.2, 0) is 14.3 Å². The van der Waals surface area contributed by atoms with Gasteiger partial charge in [-0.1, -0.05) is 60.1 Å². The molecule has 136 valence electrons. The number of esters is 1. The first-order valence-electron chi connectivity index (χ1n) is 8.20. The van der Waals surface area contributed by atoms with Crippen molar-refractivity contribution in [3.05, 3.63) is 70.7 Å².